The van der Waals surface area contributed by atoms with Gasteiger partial charge in [-0.1, -0.05) is 30.3 Å². The van der Waals surface area contributed by atoms with Gasteiger partial charge in [-0.05, 0) is 38.1 Å². The highest BCUT2D eigenvalue weighted by molar-refractivity contribution is 5.67. The van der Waals surface area contributed by atoms with Gasteiger partial charge in [0, 0.05) is 17.3 Å². The minimum absolute atomic E-state index is 0.172. The molecule has 0 aliphatic heterocycles. The Morgan fingerprint density at radius 3 is 2.28 bits per heavy atom. The second kappa shape index (κ2) is 7.41. The number of aromatic nitrogens is 3. The number of nitrogens with one attached hydrogen (secondary N) is 2. The van der Waals surface area contributed by atoms with E-state index in [4.69, 9.17) is 0 Å². The quantitative estimate of drug-likeness (QED) is 0.736. The van der Waals surface area contributed by atoms with Gasteiger partial charge in [0.05, 0.1) is 11.6 Å². The predicted molar refractivity (Wildman–Crippen MR) is 98.5 cm³/mol. The summed E-state index contributed by atoms with van der Waals surface area (Å²) in [6, 6.07) is 19.3. The molecule has 25 heavy (non-hydrogen) atoms. The first-order chi connectivity index (χ1) is 12.2. The summed E-state index contributed by atoms with van der Waals surface area (Å²) in [4.78, 5) is 13.4. The molecule has 0 amide bonds. The molecule has 2 aromatic carbocycles. The lowest BCUT2D eigenvalue weighted by Crippen LogP contribution is -2.14. The third kappa shape index (κ3) is 4.09. The average Bonchev–Trinajstić information content (AvgIpc) is 2.61. The minimum Gasteiger partial charge on any atom is -0.352 e. The summed E-state index contributed by atoms with van der Waals surface area (Å²) >= 11 is 0. The molecule has 3 rings (SSSR count). The number of nitriles is 1. The molecule has 0 saturated carbocycles. The van der Waals surface area contributed by atoms with Crippen LogP contribution in [0.4, 0.5) is 17.6 Å². The minimum atomic E-state index is 0.172. The van der Waals surface area contributed by atoms with Crippen LogP contribution in [0.15, 0.2) is 54.6 Å². The molecule has 0 aliphatic rings. The highest BCUT2D eigenvalue weighted by Crippen LogP contribution is 2.23. The Kier molecular flexibility index (Phi) is 4.86. The molecule has 0 radical (unpaired) electrons. The number of para-hydroxylation sites is 1. The van der Waals surface area contributed by atoms with E-state index in [-0.39, 0.29) is 6.04 Å². The van der Waals surface area contributed by atoms with E-state index in [1.165, 1.54) is 0 Å². The van der Waals surface area contributed by atoms with Gasteiger partial charge in [-0.25, -0.2) is 0 Å². The maximum atomic E-state index is 9.35. The van der Waals surface area contributed by atoms with Gasteiger partial charge in [0.2, 0.25) is 11.9 Å². The Morgan fingerprint density at radius 1 is 0.880 bits per heavy atom. The van der Waals surface area contributed by atoms with Crippen LogP contribution in [0.2, 0.25) is 0 Å². The highest BCUT2D eigenvalue weighted by atomic mass is 15.2. The van der Waals surface area contributed by atoms with Crippen LogP contribution in [0.1, 0.15) is 19.4 Å². The highest BCUT2D eigenvalue weighted by Gasteiger charge is 2.12. The van der Waals surface area contributed by atoms with Gasteiger partial charge >= 0.3 is 0 Å². The van der Waals surface area contributed by atoms with Gasteiger partial charge < -0.3 is 10.6 Å². The Bertz CT molecular complexity index is 899. The van der Waals surface area contributed by atoms with Crippen LogP contribution < -0.4 is 10.6 Å². The summed E-state index contributed by atoms with van der Waals surface area (Å²) < 4.78 is 0. The van der Waals surface area contributed by atoms with Crippen LogP contribution in [-0.4, -0.2) is 21.0 Å². The fourth-order valence-corrected chi connectivity index (χ4v) is 2.30. The van der Waals surface area contributed by atoms with Gasteiger partial charge in [0.25, 0.3) is 0 Å². The SMILES string of the molecule is CC(C)Nc1nc(Nc2ccccc2)nc(-c2ccccc2C#N)n1. The fourth-order valence-electron chi connectivity index (χ4n) is 2.30. The van der Waals surface area contributed by atoms with Crippen LogP contribution in [0.25, 0.3) is 11.4 Å². The summed E-state index contributed by atoms with van der Waals surface area (Å²) in [5, 5.41) is 15.7. The molecule has 0 aliphatic carbocycles. The lowest BCUT2D eigenvalue weighted by Gasteiger charge is -2.12. The maximum absolute atomic E-state index is 9.35. The van der Waals surface area contributed by atoms with Crippen molar-refractivity contribution >= 4 is 17.6 Å². The Labute approximate surface area is 146 Å². The van der Waals surface area contributed by atoms with Crippen molar-refractivity contribution in [3.05, 3.63) is 60.2 Å². The molecule has 1 heterocycles. The van der Waals surface area contributed by atoms with Crippen molar-refractivity contribution in [1.29, 1.82) is 5.26 Å². The summed E-state index contributed by atoms with van der Waals surface area (Å²) in [5.74, 6) is 1.34. The zero-order valence-corrected chi connectivity index (χ0v) is 14.1. The van der Waals surface area contributed by atoms with Crippen molar-refractivity contribution in [2.75, 3.05) is 10.6 Å². The van der Waals surface area contributed by atoms with E-state index in [9.17, 15) is 5.26 Å². The van der Waals surface area contributed by atoms with Crippen molar-refractivity contribution in [1.82, 2.24) is 15.0 Å². The zero-order valence-electron chi connectivity index (χ0n) is 14.1. The number of rotatable bonds is 5. The number of hydrogen-bond donors (Lipinski definition) is 2. The molecule has 0 fully saturated rings. The summed E-state index contributed by atoms with van der Waals surface area (Å²) in [6.45, 7) is 4.02. The molecule has 3 aromatic rings. The molecule has 2 N–H and O–H groups in total. The van der Waals surface area contributed by atoms with Crippen molar-refractivity contribution in [2.24, 2.45) is 0 Å². The van der Waals surface area contributed by atoms with Gasteiger partial charge in [-0.3, -0.25) is 0 Å². The van der Waals surface area contributed by atoms with E-state index in [2.05, 4.69) is 31.7 Å². The zero-order chi connectivity index (χ0) is 17.6. The van der Waals surface area contributed by atoms with Crippen LogP contribution in [-0.2, 0) is 0 Å². The van der Waals surface area contributed by atoms with E-state index in [1.807, 2.05) is 62.4 Å². The summed E-state index contributed by atoms with van der Waals surface area (Å²) in [7, 11) is 0. The first-order valence-corrected chi connectivity index (χ1v) is 8.00. The predicted octanol–water partition coefficient (Wildman–Crippen LogP) is 3.97. The van der Waals surface area contributed by atoms with E-state index >= 15 is 0 Å². The topological polar surface area (TPSA) is 86.5 Å². The second-order valence-electron chi connectivity index (χ2n) is 5.75. The third-order valence-electron chi connectivity index (χ3n) is 3.37. The summed E-state index contributed by atoms with van der Waals surface area (Å²) in [6.07, 6.45) is 0. The van der Waals surface area contributed by atoms with Crippen molar-refractivity contribution in [3.8, 4) is 17.5 Å². The molecule has 0 bridgehead atoms. The van der Waals surface area contributed by atoms with Crippen molar-refractivity contribution in [3.63, 3.8) is 0 Å². The van der Waals surface area contributed by atoms with Crippen LogP contribution in [0.3, 0.4) is 0 Å². The molecule has 1 aromatic heterocycles. The number of anilines is 3. The average molecular weight is 330 g/mol. The normalized spacial score (nSPS) is 10.3. The summed E-state index contributed by atoms with van der Waals surface area (Å²) in [5.41, 5.74) is 2.08. The standard InChI is InChI=1S/C19H18N6/c1-13(2)21-18-23-17(16-11-7-6-8-14(16)12-20)24-19(25-18)22-15-9-4-3-5-10-15/h3-11,13H,1-2H3,(H2,21,22,23,24,25). The van der Waals surface area contributed by atoms with Crippen molar-refractivity contribution in [2.45, 2.75) is 19.9 Å². The second-order valence-corrected chi connectivity index (χ2v) is 5.75. The first kappa shape index (κ1) is 16.4. The van der Waals surface area contributed by atoms with E-state index in [0.29, 0.717) is 28.8 Å². The molecule has 6 heteroatoms. The molecule has 0 unspecified atom stereocenters. The van der Waals surface area contributed by atoms with Gasteiger partial charge in [0.1, 0.15) is 0 Å². The van der Waals surface area contributed by atoms with Crippen molar-refractivity contribution < 1.29 is 0 Å². The number of benzene rings is 2. The largest absolute Gasteiger partial charge is 0.352 e. The monoisotopic (exact) mass is 330 g/mol. The molecule has 124 valence electrons. The third-order valence-corrected chi connectivity index (χ3v) is 3.37. The molecule has 0 atom stereocenters. The molecule has 6 nitrogen and oxygen atoms in total. The smallest absolute Gasteiger partial charge is 0.232 e. The molecular weight excluding hydrogens is 312 g/mol. The van der Waals surface area contributed by atoms with E-state index in [1.54, 1.807) is 6.07 Å². The number of nitrogens with zero attached hydrogens (tertiary/aromatic N) is 4. The van der Waals surface area contributed by atoms with Crippen LogP contribution in [0, 0.1) is 11.3 Å². The lowest BCUT2D eigenvalue weighted by molar-refractivity contribution is 0.869. The van der Waals surface area contributed by atoms with E-state index < -0.39 is 0 Å². The first-order valence-electron chi connectivity index (χ1n) is 8.00. The molecule has 0 saturated heterocycles. The Hall–Kier alpha value is -3.46. The lowest BCUT2D eigenvalue weighted by atomic mass is 10.1. The number of hydrogen-bond acceptors (Lipinski definition) is 6. The van der Waals surface area contributed by atoms with Gasteiger partial charge in [-0.2, -0.15) is 20.2 Å². The fraction of sp³-hybridized carbons (Fsp3) is 0.158. The Balaban J connectivity index is 2.05. The molecular formula is C19H18N6. The van der Waals surface area contributed by atoms with Gasteiger partial charge in [-0.15, -0.1) is 0 Å². The maximum Gasteiger partial charge on any atom is 0.232 e. The molecule has 0 spiro atoms. The van der Waals surface area contributed by atoms with Crippen LogP contribution in [0.5, 0.6) is 0 Å². The Morgan fingerprint density at radius 2 is 1.56 bits per heavy atom. The van der Waals surface area contributed by atoms with Gasteiger partial charge in [0.15, 0.2) is 5.82 Å². The van der Waals surface area contributed by atoms with E-state index in [0.717, 1.165) is 5.69 Å². The van der Waals surface area contributed by atoms with Crippen LogP contribution >= 0.6 is 0 Å².